The summed E-state index contributed by atoms with van der Waals surface area (Å²) >= 11 is 3.31. The van der Waals surface area contributed by atoms with Gasteiger partial charge in [0.1, 0.15) is 5.82 Å². The van der Waals surface area contributed by atoms with Crippen LogP contribution in [0.1, 0.15) is 22.3 Å². The number of benzene rings is 2. The van der Waals surface area contributed by atoms with Crippen molar-refractivity contribution in [3.8, 4) is 12.3 Å². The molecule has 25 heavy (non-hydrogen) atoms. The molecule has 0 saturated heterocycles. The van der Waals surface area contributed by atoms with Crippen molar-refractivity contribution in [2.45, 2.75) is 12.0 Å². The second-order valence-electron chi connectivity index (χ2n) is 5.72. The van der Waals surface area contributed by atoms with Crippen LogP contribution < -0.4 is 4.90 Å². The van der Waals surface area contributed by atoms with Gasteiger partial charge in [-0.15, -0.1) is 6.42 Å². The first-order chi connectivity index (χ1) is 11.9. The summed E-state index contributed by atoms with van der Waals surface area (Å²) in [5.74, 6) is 0.797. The first kappa shape index (κ1) is 17.3. The van der Waals surface area contributed by atoms with Crippen molar-refractivity contribution in [1.82, 2.24) is 0 Å². The molecule has 0 bridgehead atoms. The third-order valence-electron chi connectivity index (χ3n) is 4.13. The van der Waals surface area contributed by atoms with E-state index < -0.39 is 29.5 Å². The zero-order chi connectivity index (χ0) is 18.2. The molecule has 4 nitrogen and oxygen atoms in total. The van der Waals surface area contributed by atoms with E-state index in [1.54, 1.807) is 18.2 Å². The largest absolute Gasteiger partial charge is 0.375 e. The predicted molar refractivity (Wildman–Crippen MR) is 94.6 cm³/mol. The minimum absolute atomic E-state index is 0.0134. The third kappa shape index (κ3) is 2.97. The Morgan fingerprint density at radius 3 is 2.60 bits per heavy atom. The lowest BCUT2D eigenvalue weighted by molar-refractivity contribution is -0.135. The Bertz CT molecular complexity index is 904. The number of hydrogen-bond donors (Lipinski definition) is 1. The van der Waals surface area contributed by atoms with E-state index in [1.165, 1.54) is 17.0 Å². The number of nitrogens with zero attached hydrogens (tertiary/aromatic N) is 1. The standard InChI is InChI=1S/C19H13BrFNO3/c1-2-9-22-16-8-5-13(20)10-15(16)19(25,18(22)24)11-17(23)12-3-6-14(21)7-4-12/h1,3-8,10,25H,9,11H2. The molecule has 6 heteroatoms. The van der Waals surface area contributed by atoms with Crippen LogP contribution in [0.2, 0.25) is 0 Å². The molecular formula is C19H13BrFNO3. The van der Waals surface area contributed by atoms with Gasteiger partial charge in [-0.3, -0.25) is 14.5 Å². The summed E-state index contributed by atoms with van der Waals surface area (Å²) in [6.45, 7) is -0.0134. The van der Waals surface area contributed by atoms with E-state index >= 15 is 0 Å². The Morgan fingerprint density at radius 2 is 1.96 bits per heavy atom. The Hall–Kier alpha value is -2.49. The highest BCUT2D eigenvalue weighted by Crippen LogP contribution is 2.43. The minimum Gasteiger partial charge on any atom is -0.375 e. The van der Waals surface area contributed by atoms with E-state index in [0.29, 0.717) is 15.7 Å². The van der Waals surface area contributed by atoms with Crippen LogP contribution in [0.25, 0.3) is 0 Å². The molecule has 0 radical (unpaired) electrons. The summed E-state index contributed by atoms with van der Waals surface area (Å²) in [5, 5.41) is 11.0. The molecule has 1 unspecified atom stereocenters. The van der Waals surface area contributed by atoms with Crippen molar-refractivity contribution in [3.05, 3.63) is 63.9 Å². The molecule has 3 rings (SSSR count). The van der Waals surface area contributed by atoms with Crippen molar-refractivity contribution in [2.24, 2.45) is 0 Å². The molecule has 126 valence electrons. The predicted octanol–water partition coefficient (Wildman–Crippen LogP) is 3.03. The number of ketones is 1. The van der Waals surface area contributed by atoms with Crippen LogP contribution in [0, 0.1) is 18.2 Å². The maximum atomic E-state index is 13.0. The van der Waals surface area contributed by atoms with Crippen molar-refractivity contribution in [2.75, 3.05) is 11.4 Å². The average Bonchev–Trinajstić information content (AvgIpc) is 2.77. The van der Waals surface area contributed by atoms with Gasteiger partial charge >= 0.3 is 0 Å². The fourth-order valence-electron chi connectivity index (χ4n) is 2.91. The molecule has 1 amide bonds. The van der Waals surface area contributed by atoms with E-state index in [-0.39, 0.29) is 12.1 Å². The molecule has 0 aliphatic carbocycles. The van der Waals surface area contributed by atoms with Gasteiger partial charge in [-0.25, -0.2) is 4.39 Å². The summed E-state index contributed by atoms with van der Waals surface area (Å²) in [7, 11) is 0. The first-order valence-electron chi connectivity index (χ1n) is 7.43. The molecule has 1 atom stereocenters. The fraction of sp³-hybridized carbons (Fsp3) is 0.158. The van der Waals surface area contributed by atoms with Crippen LogP contribution >= 0.6 is 15.9 Å². The second kappa shape index (κ2) is 6.43. The van der Waals surface area contributed by atoms with E-state index in [2.05, 4.69) is 21.9 Å². The van der Waals surface area contributed by atoms with Gasteiger partial charge in [-0.2, -0.15) is 0 Å². The molecule has 2 aromatic rings. The van der Waals surface area contributed by atoms with Gasteiger partial charge in [-0.1, -0.05) is 21.9 Å². The van der Waals surface area contributed by atoms with Crippen LogP contribution in [0.15, 0.2) is 46.9 Å². The van der Waals surface area contributed by atoms with Gasteiger partial charge in [0.25, 0.3) is 5.91 Å². The van der Waals surface area contributed by atoms with Crippen molar-refractivity contribution < 1.29 is 19.1 Å². The lowest BCUT2D eigenvalue weighted by Gasteiger charge is -2.22. The number of fused-ring (bicyclic) bond motifs is 1. The maximum Gasteiger partial charge on any atom is 0.265 e. The van der Waals surface area contributed by atoms with Gasteiger partial charge < -0.3 is 5.11 Å². The smallest absolute Gasteiger partial charge is 0.265 e. The SMILES string of the molecule is C#CCN1C(=O)C(O)(CC(=O)c2ccc(F)cc2)c2cc(Br)ccc21. The average molecular weight is 402 g/mol. The number of anilines is 1. The number of hydrogen-bond acceptors (Lipinski definition) is 3. The van der Waals surface area contributed by atoms with Gasteiger partial charge in [0.2, 0.25) is 0 Å². The van der Waals surface area contributed by atoms with Crippen LogP contribution in [-0.2, 0) is 10.4 Å². The number of Topliss-reactive ketones (excluding diaryl/α,β-unsaturated/α-hetero) is 1. The fourth-order valence-corrected chi connectivity index (χ4v) is 3.27. The molecule has 2 aromatic carbocycles. The zero-order valence-electron chi connectivity index (χ0n) is 13.0. The number of carbonyl (C=O) groups is 2. The molecule has 0 aromatic heterocycles. The first-order valence-corrected chi connectivity index (χ1v) is 8.22. The third-order valence-corrected chi connectivity index (χ3v) is 4.62. The summed E-state index contributed by atoms with van der Waals surface area (Å²) < 4.78 is 13.7. The van der Waals surface area contributed by atoms with Crippen LogP contribution in [0.3, 0.4) is 0 Å². The number of terminal acetylenes is 1. The van der Waals surface area contributed by atoms with Crippen LogP contribution in [0.5, 0.6) is 0 Å². The molecule has 1 aliphatic rings. The highest BCUT2D eigenvalue weighted by Gasteiger charge is 2.50. The molecule has 0 saturated carbocycles. The lowest BCUT2D eigenvalue weighted by Crippen LogP contribution is -2.42. The van der Waals surface area contributed by atoms with Crippen LogP contribution in [0.4, 0.5) is 10.1 Å². The lowest BCUT2D eigenvalue weighted by atomic mass is 9.88. The normalized spacial score (nSPS) is 18.8. The number of amides is 1. The van der Waals surface area contributed by atoms with Gasteiger partial charge in [-0.05, 0) is 42.5 Å². The Morgan fingerprint density at radius 1 is 1.28 bits per heavy atom. The van der Waals surface area contributed by atoms with Crippen molar-refractivity contribution >= 4 is 33.3 Å². The van der Waals surface area contributed by atoms with Crippen molar-refractivity contribution in [3.63, 3.8) is 0 Å². The van der Waals surface area contributed by atoms with Gasteiger partial charge in [0.05, 0.1) is 18.7 Å². The molecule has 0 fully saturated rings. The van der Waals surface area contributed by atoms with Gasteiger partial charge in [0, 0.05) is 15.6 Å². The van der Waals surface area contributed by atoms with Gasteiger partial charge in [0.15, 0.2) is 11.4 Å². The van der Waals surface area contributed by atoms with E-state index in [4.69, 9.17) is 6.42 Å². The topological polar surface area (TPSA) is 57.6 Å². The number of rotatable bonds is 4. The molecule has 0 spiro atoms. The highest BCUT2D eigenvalue weighted by atomic mass is 79.9. The van der Waals surface area contributed by atoms with Crippen LogP contribution in [-0.4, -0.2) is 23.3 Å². The molecule has 1 aliphatic heterocycles. The Kier molecular flexibility index (Phi) is 4.46. The monoisotopic (exact) mass is 401 g/mol. The number of halogens is 2. The summed E-state index contributed by atoms with van der Waals surface area (Å²) in [4.78, 5) is 26.6. The minimum atomic E-state index is -2.01. The number of aliphatic hydroxyl groups is 1. The molecule has 1 N–H and O–H groups in total. The highest BCUT2D eigenvalue weighted by molar-refractivity contribution is 9.10. The van der Waals surface area contributed by atoms with E-state index in [0.717, 1.165) is 12.1 Å². The maximum absolute atomic E-state index is 13.0. The second-order valence-corrected chi connectivity index (χ2v) is 6.64. The van der Waals surface area contributed by atoms with E-state index in [1.807, 2.05) is 0 Å². The molecular weight excluding hydrogens is 389 g/mol. The Labute approximate surface area is 152 Å². The summed E-state index contributed by atoms with van der Waals surface area (Å²) in [5.41, 5.74) is -1.01. The number of carbonyl (C=O) groups excluding carboxylic acids is 2. The zero-order valence-corrected chi connectivity index (χ0v) is 14.6. The molecule has 1 heterocycles. The summed E-state index contributed by atoms with van der Waals surface area (Å²) in [6, 6.07) is 9.94. The Balaban J connectivity index is 2.01. The quantitative estimate of drug-likeness (QED) is 0.632. The van der Waals surface area contributed by atoms with Crippen molar-refractivity contribution in [1.29, 1.82) is 0 Å². The van der Waals surface area contributed by atoms with E-state index in [9.17, 15) is 19.1 Å². The summed E-state index contributed by atoms with van der Waals surface area (Å²) in [6.07, 6.45) is 4.86.